The molecule has 0 atom stereocenters. The highest BCUT2D eigenvalue weighted by Crippen LogP contribution is 2.07. The molecule has 0 saturated carbocycles. The molecular weight excluding hydrogens is 228 g/mol. The molecular formula is C10H15ClN4O. The molecule has 6 heteroatoms. The molecule has 0 aliphatic rings. The zero-order chi connectivity index (χ0) is 12.2. The predicted molar refractivity (Wildman–Crippen MR) is 63.4 cm³/mol. The highest BCUT2D eigenvalue weighted by molar-refractivity contribution is 6.29. The number of halogens is 1. The maximum Gasteiger partial charge on any atom is 0.239 e. The van der Waals surface area contributed by atoms with Crippen LogP contribution in [0.1, 0.15) is 20.8 Å². The molecule has 1 heterocycles. The Morgan fingerprint density at radius 2 is 2.12 bits per heavy atom. The van der Waals surface area contributed by atoms with Crippen LogP contribution in [0.15, 0.2) is 12.4 Å². The molecule has 0 radical (unpaired) electrons. The van der Waals surface area contributed by atoms with E-state index in [1.54, 1.807) is 6.07 Å². The normalized spacial score (nSPS) is 11.0. The van der Waals surface area contributed by atoms with Crippen molar-refractivity contribution >= 4 is 23.3 Å². The molecule has 0 unspecified atom stereocenters. The summed E-state index contributed by atoms with van der Waals surface area (Å²) >= 11 is 5.67. The third kappa shape index (κ3) is 4.93. The van der Waals surface area contributed by atoms with Crippen molar-refractivity contribution in [2.75, 3.05) is 11.9 Å². The molecule has 0 bridgehead atoms. The van der Waals surface area contributed by atoms with Crippen molar-refractivity contribution in [3.63, 3.8) is 0 Å². The minimum absolute atomic E-state index is 0.0952. The number of aromatic nitrogens is 2. The lowest BCUT2D eigenvalue weighted by Gasteiger charge is -2.20. The van der Waals surface area contributed by atoms with E-state index in [2.05, 4.69) is 20.6 Å². The molecule has 16 heavy (non-hydrogen) atoms. The molecule has 88 valence electrons. The molecule has 1 amide bonds. The van der Waals surface area contributed by atoms with Crippen molar-refractivity contribution in [3.8, 4) is 0 Å². The van der Waals surface area contributed by atoms with Crippen molar-refractivity contribution in [2.24, 2.45) is 0 Å². The zero-order valence-corrected chi connectivity index (χ0v) is 10.3. The first-order valence-electron chi connectivity index (χ1n) is 4.89. The van der Waals surface area contributed by atoms with E-state index in [0.717, 1.165) is 0 Å². The number of carbonyl (C=O) groups is 1. The minimum atomic E-state index is -0.234. The zero-order valence-electron chi connectivity index (χ0n) is 9.54. The van der Waals surface area contributed by atoms with Crippen LogP contribution in [0.4, 0.5) is 5.82 Å². The van der Waals surface area contributed by atoms with Gasteiger partial charge in [0.25, 0.3) is 0 Å². The standard InChI is InChI=1S/C10H15ClN4O/c1-10(2,3)15-9(16)5-12-8-4-7(11)13-6-14-8/h4,6H,5H2,1-3H3,(H,15,16)(H,12,13,14). The van der Waals surface area contributed by atoms with Gasteiger partial charge in [0, 0.05) is 11.6 Å². The monoisotopic (exact) mass is 242 g/mol. The van der Waals surface area contributed by atoms with E-state index in [4.69, 9.17) is 11.6 Å². The maximum absolute atomic E-state index is 11.5. The first-order chi connectivity index (χ1) is 7.37. The average Bonchev–Trinajstić information content (AvgIpc) is 2.12. The van der Waals surface area contributed by atoms with Crippen molar-refractivity contribution in [3.05, 3.63) is 17.5 Å². The first kappa shape index (κ1) is 12.7. The molecule has 2 N–H and O–H groups in total. The predicted octanol–water partition coefficient (Wildman–Crippen LogP) is 1.46. The van der Waals surface area contributed by atoms with E-state index < -0.39 is 0 Å². The van der Waals surface area contributed by atoms with Crippen LogP contribution in [-0.2, 0) is 4.79 Å². The molecule has 1 aromatic heterocycles. The van der Waals surface area contributed by atoms with Gasteiger partial charge in [-0.15, -0.1) is 0 Å². The topological polar surface area (TPSA) is 66.9 Å². The van der Waals surface area contributed by atoms with Gasteiger partial charge in [0.05, 0.1) is 6.54 Å². The number of nitrogens with zero attached hydrogens (tertiary/aromatic N) is 2. The van der Waals surface area contributed by atoms with E-state index in [-0.39, 0.29) is 18.0 Å². The number of amides is 1. The van der Waals surface area contributed by atoms with Gasteiger partial charge in [0.15, 0.2) is 0 Å². The van der Waals surface area contributed by atoms with Gasteiger partial charge in [0.2, 0.25) is 5.91 Å². The Labute approximate surface area is 99.6 Å². The highest BCUT2D eigenvalue weighted by atomic mass is 35.5. The molecule has 0 aromatic carbocycles. The summed E-state index contributed by atoms with van der Waals surface area (Å²) in [5, 5.41) is 6.03. The van der Waals surface area contributed by atoms with E-state index in [0.29, 0.717) is 11.0 Å². The molecule has 0 aliphatic carbocycles. The lowest BCUT2D eigenvalue weighted by Crippen LogP contribution is -2.43. The number of carbonyl (C=O) groups excluding carboxylic acids is 1. The van der Waals surface area contributed by atoms with Gasteiger partial charge in [-0.3, -0.25) is 4.79 Å². The summed E-state index contributed by atoms with van der Waals surface area (Å²) in [4.78, 5) is 19.1. The third-order valence-electron chi connectivity index (χ3n) is 1.58. The molecule has 0 spiro atoms. The van der Waals surface area contributed by atoms with E-state index >= 15 is 0 Å². The summed E-state index contributed by atoms with van der Waals surface area (Å²) in [5.74, 6) is 0.436. The van der Waals surface area contributed by atoms with Gasteiger partial charge < -0.3 is 10.6 Å². The Morgan fingerprint density at radius 1 is 1.44 bits per heavy atom. The van der Waals surface area contributed by atoms with Crippen LogP contribution in [-0.4, -0.2) is 28.0 Å². The Balaban J connectivity index is 2.43. The van der Waals surface area contributed by atoms with Crippen LogP contribution < -0.4 is 10.6 Å². The fourth-order valence-corrected chi connectivity index (χ4v) is 1.21. The smallest absolute Gasteiger partial charge is 0.239 e. The number of anilines is 1. The van der Waals surface area contributed by atoms with Crippen LogP contribution in [0.2, 0.25) is 5.15 Å². The largest absolute Gasteiger partial charge is 0.361 e. The number of hydrogen-bond donors (Lipinski definition) is 2. The van der Waals surface area contributed by atoms with Crippen LogP contribution >= 0.6 is 11.6 Å². The van der Waals surface area contributed by atoms with Crippen molar-refractivity contribution in [1.82, 2.24) is 15.3 Å². The van der Waals surface area contributed by atoms with Gasteiger partial charge in [-0.1, -0.05) is 11.6 Å². The van der Waals surface area contributed by atoms with Gasteiger partial charge in [-0.2, -0.15) is 0 Å². The Kier molecular flexibility index (Phi) is 4.06. The fraction of sp³-hybridized carbons (Fsp3) is 0.500. The molecule has 0 aliphatic heterocycles. The Bertz CT molecular complexity index is 375. The second kappa shape index (κ2) is 5.12. The van der Waals surface area contributed by atoms with Gasteiger partial charge in [0.1, 0.15) is 17.3 Å². The molecule has 0 saturated heterocycles. The Morgan fingerprint density at radius 3 is 2.69 bits per heavy atom. The summed E-state index contributed by atoms with van der Waals surface area (Å²) < 4.78 is 0. The van der Waals surface area contributed by atoms with Crippen molar-refractivity contribution in [1.29, 1.82) is 0 Å². The van der Waals surface area contributed by atoms with Crippen LogP contribution in [0.5, 0.6) is 0 Å². The second-order valence-electron chi connectivity index (χ2n) is 4.38. The maximum atomic E-state index is 11.5. The summed E-state index contributed by atoms with van der Waals surface area (Å²) in [6.07, 6.45) is 1.34. The van der Waals surface area contributed by atoms with E-state index in [1.807, 2.05) is 20.8 Å². The van der Waals surface area contributed by atoms with Gasteiger partial charge in [-0.25, -0.2) is 9.97 Å². The summed E-state index contributed by atoms with van der Waals surface area (Å²) in [6, 6.07) is 1.56. The second-order valence-corrected chi connectivity index (χ2v) is 4.76. The van der Waals surface area contributed by atoms with E-state index in [9.17, 15) is 4.79 Å². The van der Waals surface area contributed by atoms with Crippen molar-refractivity contribution < 1.29 is 4.79 Å². The number of hydrogen-bond acceptors (Lipinski definition) is 4. The van der Waals surface area contributed by atoms with Gasteiger partial charge >= 0.3 is 0 Å². The quantitative estimate of drug-likeness (QED) is 0.788. The fourth-order valence-electron chi connectivity index (χ4n) is 1.06. The first-order valence-corrected chi connectivity index (χ1v) is 5.27. The molecule has 1 aromatic rings. The van der Waals surface area contributed by atoms with Crippen LogP contribution in [0.25, 0.3) is 0 Å². The molecule has 1 rings (SSSR count). The lowest BCUT2D eigenvalue weighted by atomic mass is 10.1. The number of rotatable bonds is 3. The van der Waals surface area contributed by atoms with Crippen molar-refractivity contribution in [2.45, 2.75) is 26.3 Å². The van der Waals surface area contributed by atoms with E-state index in [1.165, 1.54) is 6.33 Å². The third-order valence-corrected chi connectivity index (χ3v) is 1.78. The molecule has 5 nitrogen and oxygen atoms in total. The van der Waals surface area contributed by atoms with Crippen LogP contribution in [0, 0.1) is 0 Å². The SMILES string of the molecule is CC(C)(C)NC(=O)CNc1cc(Cl)ncn1. The summed E-state index contributed by atoms with van der Waals surface area (Å²) in [5.41, 5.74) is -0.234. The van der Waals surface area contributed by atoms with Gasteiger partial charge in [-0.05, 0) is 20.8 Å². The average molecular weight is 243 g/mol. The summed E-state index contributed by atoms with van der Waals surface area (Å²) in [7, 11) is 0. The Hall–Kier alpha value is -1.36. The summed E-state index contributed by atoms with van der Waals surface area (Å²) in [6.45, 7) is 5.93. The lowest BCUT2D eigenvalue weighted by molar-refractivity contribution is -0.120. The van der Waals surface area contributed by atoms with Crippen LogP contribution in [0.3, 0.4) is 0 Å². The molecule has 0 fully saturated rings. The number of nitrogens with one attached hydrogen (secondary N) is 2. The minimum Gasteiger partial charge on any atom is -0.361 e. The highest BCUT2D eigenvalue weighted by Gasteiger charge is 2.13.